The summed E-state index contributed by atoms with van der Waals surface area (Å²) >= 11 is 0. The van der Waals surface area contributed by atoms with E-state index >= 15 is 0 Å². The van der Waals surface area contributed by atoms with Crippen LogP contribution >= 0.6 is 0 Å². The molecule has 2 rings (SSSR count). The SMILES string of the molecule is CCc1cccc2c(C(=O)NN)cc(C(C)(C)C)nc12. The van der Waals surface area contributed by atoms with Crippen LogP contribution in [0.25, 0.3) is 10.9 Å². The number of hydrazine groups is 1. The number of para-hydroxylation sites is 1. The predicted molar refractivity (Wildman–Crippen MR) is 81.5 cm³/mol. The van der Waals surface area contributed by atoms with Gasteiger partial charge in [0.2, 0.25) is 0 Å². The highest BCUT2D eigenvalue weighted by molar-refractivity contribution is 6.06. The lowest BCUT2D eigenvalue weighted by molar-refractivity contribution is 0.0955. The summed E-state index contributed by atoms with van der Waals surface area (Å²) in [7, 11) is 0. The van der Waals surface area contributed by atoms with Crippen molar-refractivity contribution in [1.29, 1.82) is 0 Å². The summed E-state index contributed by atoms with van der Waals surface area (Å²) in [5, 5.41) is 0.848. The summed E-state index contributed by atoms with van der Waals surface area (Å²) in [6.45, 7) is 8.34. The van der Waals surface area contributed by atoms with Gasteiger partial charge in [-0.15, -0.1) is 0 Å². The van der Waals surface area contributed by atoms with Crippen molar-refractivity contribution in [2.75, 3.05) is 0 Å². The second-order valence-corrected chi connectivity index (χ2v) is 5.95. The van der Waals surface area contributed by atoms with E-state index in [1.165, 1.54) is 0 Å². The maximum atomic E-state index is 12.0. The molecule has 0 bridgehead atoms. The van der Waals surface area contributed by atoms with Crippen LogP contribution in [0, 0.1) is 0 Å². The highest BCUT2D eigenvalue weighted by Gasteiger charge is 2.21. The van der Waals surface area contributed by atoms with Crippen LogP contribution in [0.3, 0.4) is 0 Å². The number of pyridine rings is 1. The number of hydrogen-bond acceptors (Lipinski definition) is 3. The summed E-state index contributed by atoms with van der Waals surface area (Å²) in [5.41, 5.74) is 5.60. The molecule has 1 aromatic heterocycles. The maximum Gasteiger partial charge on any atom is 0.265 e. The van der Waals surface area contributed by atoms with Crippen LogP contribution in [-0.4, -0.2) is 10.9 Å². The molecule has 1 amide bonds. The van der Waals surface area contributed by atoms with E-state index in [0.29, 0.717) is 5.56 Å². The number of carbonyl (C=O) groups is 1. The molecule has 0 unspecified atom stereocenters. The van der Waals surface area contributed by atoms with Crippen LogP contribution < -0.4 is 11.3 Å². The van der Waals surface area contributed by atoms with Crippen LogP contribution in [0.1, 0.15) is 49.3 Å². The zero-order valence-electron chi connectivity index (χ0n) is 12.4. The molecule has 0 aliphatic heterocycles. The Morgan fingerprint density at radius 2 is 2.05 bits per heavy atom. The fourth-order valence-corrected chi connectivity index (χ4v) is 2.24. The zero-order valence-corrected chi connectivity index (χ0v) is 12.4. The van der Waals surface area contributed by atoms with Crippen LogP contribution in [0.4, 0.5) is 0 Å². The fraction of sp³-hybridized carbons (Fsp3) is 0.375. The number of rotatable bonds is 2. The first-order chi connectivity index (χ1) is 9.38. The third kappa shape index (κ3) is 2.51. The average Bonchev–Trinajstić information content (AvgIpc) is 2.43. The van der Waals surface area contributed by atoms with Crippen molar-refractivity contribution >= 4 is 16.8 Å². The molecule has 0 atom stereocenters. The van der Waals surface area contributed by atoms with Gasteiger partial charge in [0, 0.05) is 16.5 Å². The molecular formula is C16H21N3O. The van der Waals surface area contributed by atoms with Crippen LogP contribution in [0.2, 0.25) is 0 Å². The lowest BCUT2D eigenvalue weighted by Crippen LogP contribution is -2.30. The summed E-state index contributed by atoms with van der Waals surface area (Å²) in [5.74, 6) is 5.02. The van der Waals surface area contributed by atoms with Crippen LogP contribution in [0.5, 0.6) is 0 Å². The molecule has 0 aliphatic rings. The Bertz CT molecular complexity index is 657. The van der Waals surface area contributed by atoms with E-state index in [4.69, 9.17) is 10.8 Å². The van der Waals surface area contributed by atoms with Gasteiger partial charge in [-0.2, -0.15) is 0 Å². The van der Waals surface area contributed by atoms with Crippen molar-refractivity contribution in [1.82, 2.24) is 10.4 Å². The number of nitrogens with two attached hydrogens (primary N) is 1. The van der Waals surface area contributed by atoms with Gasteiger partial charge in [-0.1, -0.05) is 45.9 Å². The van der Waals surface area contributed by atoms with Crippen molar-refractivity contribution in [3.05, 3.63) is 41.1 Å². The van der Waals surface area contributed by atoms with Gasteiger partial charge in [0.05, 0.1) is 11.1 Å². The number of aryl methyl sites for hydroxylation is 1. The second kappa shape index (κ2) is 5.21. The van der Waals surface area contributed by atoms with Gasteiger partial charge in [0.1, 0.15) is 0 Å². The predicted octanol–water partition coefficient (Wildman–Crippen LogP) is 2.70. The maximum absolute atomic E-state index is 12.0. The van der Waals surface area contributed by atoms with Gasteiger partial charge in [0.15, 0.2) is 0 Å². The molecule has 0 fully saturated rings. The van der Waals surface area contributed by atoms with E-state index in [9.17, 15) is 4.79 Å². The van der Waals surface area contributed by atoms with E-state index in [1.807, 2.05) is 24.3 Å². The number of hydrogen-bond donors (Lipinski definition) is 2. The average molecular weight is 271 g/mol. The van der Waals surface area contributed by atoms with Crippen molar-refractivity contribution < 1.29 is 4.79 Å². The van der Waals surface area contributed by atoms with Gasteiger partial charge >= 0.3 is 0 Å². The zero-order chi connectivity index (χ0) is 14.9. The Hall–Kier alpha value is -1.94. The molecule has 0 spiro atoms. The van der Waals surface area contributed by atoms with Crippen molar-refractivity contribution in [3.63, 3.8) is 0 Å². The minimum Gasteiger partial charge on any atom is -0.290 e. The molecule has 0 radical (unpaired) electrons. The molecule has 0 aliphatic carbocycles. The minimum atomic E-state index is -0.281. The number of nitrogens with one attached hydrogen (secondary N) is 1. The van der Waals surface area contributed by atoms with E-state index < -0.39 is 0 Å². The van der Waals surface area contributed by atoms with Crippen molar-refractivity contribution in [2.45, 2.75) is 39.5 Å². The molecule has 4 heteroatoms. The topological polar surface area (TPSA) is 68.0 Å². The summed E-state index contributed by atoms with van der Waals surface area (Å²) in [4.78, 5) is 16.8. The largest absolute Gasteiger partial charge is 0.290 e. The molecule has 0 saturated heterocycles. The lowest BCUT2D eigenvalue weighted by Gasteiger charge is -2.20. The first-order valence-corrected chi connectivity index (χ1v) is 6.82. The third-order valence-electron chi connectivity index (χ3n) is 3.45. The van der Waals surface area contributed by atoms with Crippen molar-refractivity contribution in [2.24, 2.45) is 5.84 Å². The van der Waals surface area contributed by atoms with E-state index in [2.05, 4.69) is 33.1 Å². The number of fused-ring (bicyclic) bond motifs is 1. The van der Waals surface area contributed by atoms with E-state index in [-0.39, 0.29) is 11.3 Å². The van der Waals surface area contributed by atoms with Gasteiger partial charge in [0.25, 0.3) is 5.91 Å². The number of aromatic nitrogens is 1. The number of amides is 1. The van der Waals surface area contributed by atoms with Crippen molar-refractivity contribution in [3.8, 4) is 0 Å². The molecule has 20 heavy (non-hydrogen) atoms. The first-order valence-electron chi connectivity index (χ1n) is 6.82. The number of carbonyl (C=O) groups excluding carboxylic acids is 1. The Kier molecular flexibility index (Phi) is 3.77. The quantitative estimate of drug-likeness (QED) is 0.501. The number of nitrogens with zero attached hydrogens (tertiary/aromatic N) is 1. The Morgan fingerprint density at radius 3 is 2.60 bits per heavy atom. The fourth-order valence-electron chi connectivity index (χ4n) is 2.24. The molecule has 106 valence electrons. The summed E-state index contributed by atoms with van der Waals surface area (Å²) in [6.07, 6.45) is 0.877. The van der Waals surface area contributed by atoms with Gasteiger partial charge in [-0.05, 0) is 18.1 Å². The molecule has 1 heterocycles. The summed E-state index contributed by atoms with van der Waals surface area (Å²) < 4.78 is 0. The highest BCUT2D eigenvalue weighted by Crippen LogP contribution is 2.28. The van der Waals surface area contributed by atoms with E-state index in [0.717, 1.165) is 28.6 Å². The Morgan fingerprint density at radius 1 is 1.35 bits per heavy atom. The van der Waals surface area contributed by atoms with Crippen LogP contribution in [-0.2, 0) is 11.8 Å². The smallest absolute Gasteiger partial charge is 0.265 e. The highest BCUT2D eigenvalue weighted by atomic mass is 16.2. The molecule has 0 saturated carbocycles. The first kappa shape index (κ1) is 14.5. The van der Waals surface area contributed by atoms with Crippen LogP contribution in [0.15, 0.2) is 24.3 Å². The Balaban J connectivity index is 2.85. The minimum absolute atomic E-state index is 0.126. The molecule has 4 nitrogen and oxygen atoms in total. The molecule has 3 N–H and O–H groups in total. The second-order valence-electron chi connectivity index (χ2n) is 5.95. The van der Waals surface area contributed by atoms with E-state index in [1.54, 1.807) is 0 Å². The van der Waals surface area contributed by atoms with Gasteiger partial charge in [-0.25, -0.2) is 5.84 Å². The Labute approximate surface area is 119 Å². The standard InChI is InChI=1S/C16H21N3O/c1-5-10-7-6-8-11-12(15(20)19-17)9-13(16(2,3)4)18-14(10)11/h6-9H,5,17H2,1-4H3,(H,19,20). The molecular weight excluding hydrogens is 250 g/mol. The van der Waals surface area contributed by atoms with Gasteiger partial charge in [-0.3, -0.25) is 15.2 Å². The molecule has 1 aromatic carbocycles. The normalized spacial score (nSPS) is 11.7. The summed E-state index contributed by atoms with van der Waals surface area (Å²) in [6, 6.07) is 7.75. The third-order valence-corrected chi connectivity index (χ3v) is 3.45. The monoisotopic (exact) mass is 271 g/mol. The van der Waals surface area contributed by atoms with Gasteiger partial charge < -0.3 is 0 Å². The number of benzene rings is 1. The molecule has 2 aromatic rings. The number of nitrogen functional groups attached to an aromatic ring is 1. The lowest BCUT2D eigenvalue weighted by atomic mass is 9.89.